The Labute approximate surface area is 165 Å². The van der Waals surface area contributed by atoms with Crippen LogP contribution in [-0.2, 0) is 0 Å². The minimum atomic E-state index is -0.595. The van der Waals surface area contributed by atoms with E-state index in [1.807, 2.05) is 41.1 Å². The Kier molecular flexibility index (Phi) is 4.66. The van der Waals surface area contributed by atoms with Crippen LogP contribution in [0.3, 0.4) is 0 Å². The summed E-state index contributed by atoms with van der Waals surface area (Å²) in [6.45, 7) is 0. The number of rotatable bonds is 5. The van der Waals surface area contributed by atoms with Crippen molar-refractivity contribution < 1.29 is 14.5 Å². The summed E-state index contributed by atoms with van der Waals surface area (Å²) < 4.78 is 7.23. The van der Waals surface area contributed by atoms with E-state index in [0.29, 0.717) is 11.4 Å². The van der Waals surface area contributed by atoms with Crippen molar-refractivity contribution in [2.45, 2.75) is 0 Å². The number of imidazole rings is 1. The number of nitro benzene ring substituents is 1. The number of amides is 1. The van der Waals surface area contributed by atoms with Gasteiger partial charge in [0.2, 0.25) is 0 Å². The first-order chi connectivity index (χ1) is 14.1. The molecule has 4 aromatic rings. The van der Waals surface area contributed by atoms with Crippen LogP contribution in [0.4, 0.5) is 11.4 Å². The molecule has 2 aromatic carbocycles. The van der Waals surface area contributed by atoms with Gasteiger partial charge in [0.15, 0.2) is 0 Å². The van der Waals surface area contributed by atoms with Gasteiger partial charge in [0.05, 0.1) is 23.4 Å². The Hall–Kier alpha value is -4.20. The molecule has 1 amide bonds. The number of hydrogen-bond acceptors (Lipinski definition) is 5. The molecule has 2 heterocycles. The standard InChI is InChI=1S/C21H16N4O4/c1-29-19-10-9-14(17-13-24-11-5-4-8-20(24)22-17)12-16(19)23-21(26)15-6-2-3-7-18(15)25(27)28/h2-13H,1H3,(H,23,26). The Morgan fingerprint density at radius 1 is 1.14 bits per heavy atom. The molecule has 0 atom stereocenters. The monoisotopic (exact) mass is 388 g/mol. The summed E-state index contributed by atoms with van der Waals surface area (Å²) in [4.78, 5) is 27.9. The van der Waals surface area contributed by atoms with E-state index in [-0.39, 0.29) is 11.3 Å². The van der Waals surface area contributed by atoms with Crippen LogP contribution < -0.4 is 10.1 Å². The van der Waals surface area contributed by atoms with E-state index in [0.717, 1.165) is 16.9 Å². The number of nitrogens with zero attached hydrogens (tertiary/aromatic N) is 3. The van der Waals surface area contributed by atoms with E-state index in [1.165, 1.54) is 25.3 Å². The quantitative estimate of drug-likeness (QED) is 0.409. The maximum absolute atomic E-state index is 12.7. The highest BCUT2D eigenvalue weighted by Crippen LogP contribution is 2.31. The van der Waals surface area contributed by atoms with Crippen LogP contribution >= 0.6 is 0 Å². The van der Waals surface area contributed by atoms with Crippen LogP contribution in [0.1, 0.15) is 10.4 Å². The third-order valence-corrected chi connectivity index (χ3v) is 4.45. The fourth-order valence-electron chi connectivity index (χ4n) is 3.05. The lowest BCUT2D eigenvalue weighted by atomic mass is 10.1. The molecule has 0 saturated heterocycles. The fourth-order valence-corrected chi connectivity index (χ4v) is 3.05. The zero-order chi connectivity index (χ0) is 20.4. The van der Waals surface area contributed by atoms with Crippen LogP contribution in [0.25, 0.3) is 16.9 Å². The van der Waals surface area contributed by atoms with Crippen LogP contribution in [0.15, 0.2) is 73.1 Å². The van der Waals surface area contributed by atoms with E-state index in [9.17, 15) is 14.9 Å². The summed E-state index contributed by atoms with van der Waals surface area (Å²) in [7, 11) is 1.49. The van der Waals surface area contributed by atoms with E-state index < -0.39 is 10.8 Å². The summed E-state index contributed by atoms with van der Waals surface area (Å²) in [5.41, 5.74) is 2.39. The van der Waals surface area contributed by atoms with Crippen molar-refractivity contribution >= 4 is 22.9 Å². The number of aromatic nitrogens is 2. The lowest BCUT2D eigenvalue weighted by Crippen LogP contribution is -2.14. The molecule has 2 aromatic heterocycles. The van der Waals surface area contributed by atoms with Crippen molar-refractivity contribution in [2.75, 3.05) is 12.4 Å². The number of nitrogens with one attached hydrogen (secondary N) is 1. The number of nitro groups is 1. The second-order valence-corrected chi connectivity index (χ2v) is 6.24. The summed E-state index contributed by atoms with van der Waals surface area (Å²) in [6, 6.07) is 16.8. The van der Waals surface area contributed by atoms with Crippen LogP contribution in [0, 0.1) is 10.1 Å². The number of para-hydroxylation sites is 1. The fraction of sp³-hybridized carbons (Fsp3) is 0.0476. The van der Waals surface area contributed by atoms with Crippen molar-refractivity contribution in [3.05, 3.63) is 88.7 Å². The average molecular weight is 388 g/mol. The molecule has 1 N–H and O–H groups in total. The number of benzene rings is 2. The molecular formula is C21H16N4O4. The molecule has 8 heteroatoms. The normalized spacial score (nSPS) is 10.7. The van der Waals surface area contributed by atoms with Crippen LogP contribution in [-0.4, -0.2) is 27.3 Å². The maximum Gasteiger partial charge on any atom is 0.282 e. The van der Waals surface area contributed by atoms with Gasteiger partial charge in [-0.05, 0) is 36.4 Å². The predicted octanol–water partition coefficient (Wildman–Crippen LogP) is 4.17. The first-order valence-corrected chi connectivity index (χ1v) is 8.74. The molecule has 0 bridgehead atoms. The number of fused-ring (bicyclic) bond motifs is 1. The summed E-state index contributed by atoms with van der Waals surface area (Å²) in [5, 5.41) is 13.9. The Morgan fingerprint density at radius 2 is 1.93 bits per heavy atom. The van der Waals surface area contributed by atoms with Crippen molar-refractivity contribution in [3.8, 4) is 17.0 Å². The van der Waals surface area contributed by atoms with E-state index >= 15 is 0 Å². The molecule has 0 fully saturated rings. The summed E-state index contributed by atoms with van der Waals surface area (Å²) in [5.74, 6) is -0.160. The Balaban J connectivity index is 1.71. The SMILES string of the molecule is COc1ccc(-c2cn3ccccc3n2)cc1NC(=O)c1ccccc1[N+](=O)[O-]. The molecular weight excluding hydrogens is 372 g/mol. The van der Waals surface area contributed by atoms with Gasteiger partial charge >= 0.3 is 0 Å². The molecule has 144 valence electrons. The number of carbonyl (C=O) groups is 1. The highest BCUT2D eigenvalue weighted by atomic mass is 16.6. The zero-order valence-corrected chi connectivity index (χ0v) is 15.4. The third kappa shape index (κ3) is 3.51. The summed E-state index contributed by atoms with van der Waals surface area (Å²) >= 11 is 0. The van der Waals surface area contributed by atoms with Gasteiger partial charge in [-0.15, -0.1) is 0 Å². The first kappa shape index (κ1) is 18.2. The zero-order valence-electron chi connectivity index (χ0n) is 15.4. The van der Waals surface area contributed by atoms with Gasteiger partial charge in [-0.2, -0.15) is 0 Å². The third-order valence-electron chi connectivity index (χ3n) is 4.45. The minimum absolute atomic E-state index is 0.0299. The number of anilines is 1. The van der Waals surface area contributed by atoms with Gasteiger partial charge in [0.1, 0.15) is 17.0 Å². The number of hydrogen-bond donors (Lipinski definition) is 1. The molecule has 29 heavy (non-hydrogen) atoms. The number of ether oxygens (including phenoxy) is 1. The first-order valence-electron chi connectivity index (χ1n) is 8.74. The molecule has 0 radical (unpaired) electrons. The highest BCUT2D eigenvalue weighted by molar-refractivity contribution is 6.08. The van der Waals surface area contributed by atoms with Crippen LogP contribution in [0.5, 0.6) is 5.75 Å². The second-order valence-electron chi connectivity index (χ2n) is 6.24. The topological polar surface area (TPSA) is 98.8 Å². The average Bonchev–Trinajstić information content (AvgIpc) is 3.18. The van der Waals surface area contributed by atoms with Crippen molar-refractivity contribution in [3.63, 3.8) is 0 Å². The Morgan fingerprint density at radius 3 is 2.69 bits per heavy atom. The van der Waals surface area contributed by atoms with Gasteiger partial charge in [0.25, 0.3) is 11.6 Å². The molecule has 4 rings (SSSR count). The molecule has 0 unspecified atom stereocenters. The summed E-state index contributed by atoms with van der Waals surface area (Å²) in [6.07, 6.45) is 3.78. The maximum atomic E-state index is 12.7. The molecule has 0 aliphatic carbocycles. The molecule has 0 aliphatic rings. The van der Waals surface area contributed by atoms with Crippen molar-refractivity contribution in [1.29, 1.82) is 0 Å². The lowest BCUT2D eigenvalue weighted by Gasteiger charge is -2.11. The molecule has 0 spiro atoms. The molecule has 0 saturated carbocycles. The smallest absolute Gasteiger partial charge is 0.282 e. The van der Waals surface area contributed by atoms with Gasteiger partial charge < -0.3 is 14.5 Å². The van der Waals surface area contributed by atoms with Crippen LogP contribution in [0.2, 0.25) is 0 Å². The largest absolute Gasteiger partial charge is 0.495 e. The number of pyridine rings is 1. The number of methoxy groups -OCH3 is 1. The van der Waals surface area contributed by atoms with E-state index in [1.54, 1.807) is 18.2 Å². The molecule has 8 nitrogen and oxygen atoms in total. The van der Waals surface area contributed by atoms with Crippen molar-refractivity contribution in [1.82, 2.24) is 9.38 Å². The second kappa shape index (κ2) is 7.43. The van der Waals surface area contributed by atoms with Gasteiger partial charge in [-0.1, -0.05) is 18.2 Å². The van der Waals surface area contributed by atoms with Crippen molar-refractivity contribution in [2.24, 2.45) is 0 Å². The number of carbonyl (C=O) groups excluding carboxylic acids is 1. The predicted molar refractivity (Wildman–Crippen MR) is 108 cm³/mol. The van der Waals surface area contributed by atoms with Gasteiger partial charge in [-0.25, -0.2) is 4.98 Å². The van der Waals surface area contributed by atoms with E-state index in [4.69, 9.17) is 4.74 Å². The molecule has 0 aliphatic heterocycles. The van der Waals surface area contributed by atoms with E-state index in [2.05, 4.69) is 10.3 Å². The van der Waals surface area contributed by atoms with Gasteiger partial charge in [-0.3, -0.25) is 14.9 Å². The van der Waals surface area contributed by atoms with Gasteiger partial charge in [0, 0.05) is 24.0 Å². The lowest BCUT2D eigenvalue weighted by molar-refractivity contribution is -0.385. The minimum Gasteiger partial charge on any atom is -0.495 e. The highest BCUT2D eigenvalue weighted by Gasteiger charge is 2.20. The Bertz CT molecular complexity index is 1200.